The van der Waals surface area contributed by atoms with Crippen molar-refractivity contribution in [3.05, 3.63) is 13.2 Å². The molecule has 0 radical (unpaired) electrons. The second-order valence-electron chi connectivity index (χ2n) is 5.28. The quantitative estimate of drug-likeness (QED) is 0.344. The Morgan fingerprint density at radius 3 is 1.75 bits per heavy atom. The van der Waals surface area contributed by atoms with Gasteiger partial charge in [0.2, 0.25) is 5.91 Å². The lowest BCUT2D eigenvalue weighted by atomic mass is 10.1. The number of rotatable bonds is 13. The molecular formula is C18H37NO. The van der Waals surface area contributed by atoms with Crippen molar-refractivity contribution in [2.45, 2.75) is 90.9 Å². The minimum absolute atomic E-state index is 0.250. The molecule has 2 nitrogen and oxygen atoms in total. The van der Waals surface area contributed by atoms with Gasteiger partial charge in [0, 0.05) is 13.0 Å². The zero-order valence-electron chi connectivity index (χ0n) is 14.0. The summed E-state index contributed by atoms with van der Waals surface area (Å²) >= 11 is 0. The average Bonchev–Trinajstić information content (AvgIpc) is 2.48. The highest BCUT2D eigenvalue weighted by Crippen LogP contribution is 2.05. The van der Waals surface area contributed by atoms with Crippen LogP contribution in [0.5, 0.6) is 0 Å². The Labute approximate surface area is 127 Å². The van der Waals surface area contributed by atoms with Gasteiger partial charge in [-0.15, -0.1) is 13.2 Å². The topological polar surface area (TPSA) is 29.1 Å². The van der Waals surface area contributed by atoms with Crippen molar-refractivity contribution in [1.29, 1.82) is 0 Å². The zero-order valence-corrected chi connectivity index (χ0v) is 14.0. The Morgan fingerprint density at radius 1 is 0.750 bits per heavy atom. The van der Waals surface area contributed by atoms with Crippen LogP contribution in [0.3, 0.4) is 0 Å². The molecular weight excluding hydrogens is 246 g/mol. The summed E-state index contributed by atoms with van der Waals surface area (Å²) in [5.41, 5.74) is 0. The molecule has 0 atom stereocenters. The summed E-state index contributed by atoms with van der Waals surface area (Å²) < 4.78 is 0. The fourth-order valence-electron chi connectivity index (χ4n) is 2.11. The maximum absolute atomic E-state index is 11.5. The van der Waals surface area contributed by atoms with Gasteiger partial charge in [-0.25, -0.2) is 0 Å². The second-order valence-corrected chi connectivity index (χ2v) is 5.28. The molecule has 0 heterocycles. The molecule has 0 fully saturated rings. The first-order valence-corrected chi connectivity index (χ1v) is 8.58. The molecule has 2 heteroatoms. The molecule has 1 amide bonds. The Balaban J connectivity index is 0. The van der Waals surface area contributed by atoms with Crippen molar-refractivity contribution < 1.29 is 4.79 Å². The van der Waals surface area contributed by atoms with Gasteiger partial charge in [-0.3, -0.25) is 4.79 Å². The molecule has 0 bridgehead atoms. The van der Waals surface area contributed by atoms with E-state index in [1.165, 1.54) is 57.8 Å². The normalized spacial score (nSPS) is 9.70. The summed E-state index contributed by atoms with van der Waals surface area (Å²) in [5, 5.41) is 3.03. The van der Waals surface area contributed by atoms with E-state index >= 15 is 0 Å². The first-order valence-electron chi connectivity index (χ1n) is 8.58. The third kappa shape index (κ3) is 19.5. The Hall–Kier alpha value is -0.790. The minimum atomic E-state index is 0.250. The monoisotopic (exact) mass is 283 g/mol. The third-order valence-electron chi connectivity index (χ3n) is 3.36. The van der Waals surface area contributed by atoms with Crippen molar-refractivity contribution in [3.8, 4) is 0 Å². The predicted molar refractivity (Wildman–Crippen MR) is 91.0 cm³/mol. The molecule has 0 aromatic rings. The van der Waals surface area contributed by atoms with Crippen LogP contribution in [0.1, 0.15) is 90.9 Å². The smallest absolute Gasteiger partial charge is 0.219 e. The fourth-order valence-corrected chi connectivity index (χ4v) is 2.11. The van der Waals surface area contributed by atoms with Crippen molar-refractivity contribution in [2.75, 3.05) is 6.54 Å². The summed E-state index contributed by atoms with van der Waals surface area (Å²) in [6, 6.07) is 0. The summed E-state index contributed by atoms with van der Waals surface area (Å²) in [7, 11) is 0. The van der Waals surface area contributed by atoms with E-state index in [1.807, 2.05) is 0 Å². The first kappa shape index (κ1) is 21.5. The highest BCUT2D eigenvalue weighted by Gasteiger charge is 1.99. The van der Waals surface area contributed by atoms with E-state index < -0.39 is 0 Å². The number of amides is 1. The molecule has 0 saturated heterocycles. The number of unbranched alkanes of at least 4 members (excludes halogenated alkanes) is 9. The maximum atomic E-state index is 11.5. The van der Waals surface area contributed by atoms with E-state index in [0.717, 1.165) is 25.8 Å². The molecule has 120 valence electrons. The molecule has 0 rings (SSSR count). The fraction of sp³-hybridized carbons (Fsp3) is 0.833. The van der Waals surface area contributed by atoms with Crippen molar-refractivity contribution >= 4 is 5.91 Å². The van der Waals surface area contributed by atoms with Gasteiger partial charge < -0.3 is 5.32 Å². The van der Waals surface area contributed by atoms with Crippen LogP contribution in [-0.4, -0.2) is 12.5 Å². The Morgan fingerprint density at radius 2 is 1.20 bits per heavy atom. The van der Waals surface area contributed by atoms with Gasteiger partial charge >= 0.3 is 0 Å². The maximum Gasteiger partial charge on any atom is 0.219 e. The van der Waals surface area contributed by atoms with Crippen LogP contribution in [0.15, 0.2) is 13.2 Å². The van der Waals surface area contributed by atoms with Crippen molar-refractivity contribution in [3.63, 3.8) is 0 Å². The van der Waals surface area contributed by atoms with Gasteiger partial charge in [-0.1, -0.05) is 71.6 Å². The van der Waals surface area contributed by atoms with Gasteiger partial charge in [-0.05, 0) is 12.8 Å². The van der Waals surface area contributed by atoms with E-state index in [4.69, 9.17) is 0 Å². The van der Waals surface area contributed by atoms with Gasteiger partial charge in [0.05, 0.1) is 0 Å². The summed E-state index contributed by atoms with van der Waals surface area (Å²) in [5.74, 6) is 0.250. The van der Waals surface area contributed by atoms with Crippen LogP contribution in [0, 0.1) is 0 Å². The molecule has 0 aliphatic heterocycles. The molecule has 0 aliphatic rings. The van der Waals surface area contributed by atoms with Crippen molar-refractivity contribution in [2.24, 2.45) is 0 Å². The highest BCUT2D eigenvalue weighted by molar-refractivity contribution is 5.75. The molecule has 0 unspecified atom stereocenters. The number of hydrogen-bond acceptors (Lipinski definition) is 1. The second kappa shape index (κ2) is 20.5. The van der Waals surface area contributed by atoms with Crippen LogP contribution >= 0.6 is 0 Å². The number of carbonyl (C=O) groups excluding carboxylic acids is 1. The number of nitrogens with one attached hydrogen (secondary N) is 1. The van der Waals surface area contributed by atoms with Crippen LogP contribution in [-0.2, 0) is 4.79 Å². The van der Waals surface area contributed by atoms with E-state index in [1.54, 1.807) is 0 Å². The van der Waals surface area contributed by atoms with Crippen LogP contribution in [0.4, 0.5) is 0 Å². The largest absolute Gasteiger partial charge is 0.356 e. The van der Waals surface area contributed by atoms with Gasteiger partial charge in [0.15, 0.2) is 0 Å². The van der Waals surface area contributed by atoms with E-state index in [9.17, 15) is 4.79 Å². The molecule has 20 heavy (non-hydrogen) atoms. The number of carbonyl (C=O) groups is 1. The van der Waals surface area contributed by atoms with E-state index in [-0.39, 0.29) is 5.91 Å². The standard InChI is InChI=1S/C16H33NO.C2H4/c1-3-5-7-9-11-13-15-17-16(18)14-12-10-8-6-4-2;1-2/h3-15H2,1-2H3,(H,17,18);1-2H2. The van der Waals surface area contributed by atoms with E-state index in [0.29, 0.717) is 0 Å². The van der Waals surface area contributed by atoms with Gasteiger partial charge in [0.1, 0.15) is 0 Å². The van der Waals surface area contributed by atoms with Crippen LogP contribution in [0.25, 0.3) is 0 Å². The minimum Gasteiger partial charge on any atom is -0.356 e. The summed E-state index contributed by atoms with van der Waals surface area (Å²) in [6.07, 6.45) is 14.6. The summed E-state index contributed by atoms with van der Waals surface area (Å²) in [4.78, 5) is 11.5. The van der Waals surface area contributed by atoms with E-state index in [2.05, 4.69) is 32.3 Å². The molecule has 0 aliphatic carbocycles. The lowest BCUT2D eigenvalue weighted by molar-refractivity contribution is -0.121. The first-order chi connectivity index (χ1) is 9.81. The van der Waals surface area contributed by atoms with Gasteiger partial charge in [-0.2, -0.15) is 0 Å². The Kier molecular flexibility index (Phi) is 22.1. The molecule has 0 saturated carbocycles. The zero-order chi connectivity index (χ0) is 15.5. The molecule has 0 spiro atoms. The number of hydrogen-bond donors (Lipinski definition) is 1. The lowest BCUT2D eigenvalue weighted by Gasteiger charge is -2.05. The Bertz CT molecular complexity index is 192. The van der Waals surface area contributed by atoms with Crippen LogP contribution < -0.4 is 5.32 Å². The predicted octanol–water partition coefficient (Wildman–Crippen LogP) is 5.63. The van der Waals surface area contributed by atoms with Crippen LogP contribution in [0.2, 0.25) is 0 Å². The average molecular weight is 284 g/mol. The van der Waals surface area contributed by atoms with Crippen molar-refractivity contribution in [1.82, 2.24) is 5.32 Å². The van der Waals surface area contributed by atoms with Gasteiger partial charge in [0.25, 0.3) is 0 Å². The SMILES string of the molecule is C=C.CCCCCCCCNC(=O)CCCCCCC. The molecule has 1 N–H and O–H groups in total. The molecule has 0 aromatic carbocycles. The lowest BCUT2D eigenvalue weighted by Crippen LogP contribution is -2.23. The molecule has 0 aromatic heterocycles. The highest BCUT2D eigenvalue weighted by atomic mass is 16.1. The summed E-state index contributed by atoms with van der Waals surface area (Å²) in [6.45, 7) is 11.3. The third-order valence-corrected chi connectivity index (χ3v) is 3.36.